The van der Waals surface area contributed by atoms with E-state index in [9.17, 15) is 9.18 Å². The zero-order valence-electron chi connectivity index (χ0n) is 9.36. The van der Waals surface area contributed by atoms with Crippen LogP contribution in [0.25, 0.3) is 0 Å². The molecule has 1 aromatic rings. The highest BCUT2D eigenvalue weighted by atomic mass is 19.1. The summed E-state index contributed by atoms with van der Waals surface area (Å²) < 4.78 is 18.5. The molecule has 0 spiro atoms. The van der Waals surface area contributed by atoms with Crippen LogP contribution in [-0.2, 0) is 9.53 Å². The highest BCUT2D eigenvalue weighted by molar-refractivity contribution is 5.91. The fourth-order valence-electron chi connectivity index (χ4n) is 1.68. The highest BCUT2D eigenvalue weighted by Gasteiger charge is 2.27. The van der Waals surface area contributed by atoms with E-state index in [1.54, 1.807) is 12.1 Å². The molecule has 0 aliphatic heterocycles. The molecular weight excluding hydrogens is 223 g/mol. The Hall–Kier alpha value is -1.46. The topological polar surface area (TPSA) is 64.3 Å². The van der Waals surface area contributed by atoms with Gasteiger partial charge in [-0.3, -0.25) is 4.79 Å². The lowest BCUT2D eigenvalue weighted by molar-refractivity contribution is -0.124. The fraction of sp³-hybridized carbons (Fsp3) is 0.417. The Kier molecular flexibility index (Phi) is 3.71. The first-order chi connectivity index (χ1) is 8.15. The van der Waals surface area contributed by atoms with Gasteiger partial charge in [0, 0.05) is 6.04 Å². The Bertz CT molecular complexity index is 405. The molecule has 2 rings (SSSR count). The average molecular weight is 238 g/mol. The maximum atomic E-state index is 13.2. The molecule has 17 heavy (non-hydrogen) atoms. The molecule has 0 aromatic heterocycles. The van der Waals surface area contributed by atoms with Crippen molar-refractivity contribution in [3.05, 3.63) is 30.1 Å². The van der Waals surface area contributed by atoms with Crippen LogP contribution in [0.5, 0.6) is 0 Å². The van der Waals surface area contributed by atoms with Gasteiger partial charge in [0.1, 0.15) is 12.4 Å². The van der Waals surface area contributed by atoms with Gasteiger partial charge in [-0.2, -0.15) is 0 Å². The number of hydrogen-bond acceptors (Lipinski definition) is 3. The zero-order valence-corrected chi connectivity index (χ0v) is 9.36. The minimum Gasteiger partial charge on any atom is -0.368 e. The molecule has 1 aliphatic rings. The number of benzene rings is 1. The van der Waals surface area contributed by atoms with Crippen molar-refractivity contribution in [3.63, 3.8) is 0 Å². The summed E-state index contributed by atoms with van der Waals surface area (Å²) in [6, 6.07) is 6.21. The Labute approximate surface area is 98.9 Å². The van der Waals surface area contributed by atoms with Crippen molar-refractivity contribution in [2.75, 3.05) is 11.9 Å². The SMILES string of the molecule is NC1CC(OCC(=O)Nc2ccccc2F)C1. The van der Waals surface area contributed by atoms with Gasteiger partial charge < -0.3 is 15.8 Å². The lowest BCUT2D eigenvalue weighted by Crippen LogP contribution is -2.42. The number of carbonyl (C=O) groups is 1. The van der Waals surface area contributed by atoms with E-state index in [2.05, 4.69) is 5.32 Å². The van der Waals surface area contributed by atoms with Gasteiger partial charge in [-0.15, -0.1) is 0 Å². The molecule has 0 atom stereocenters. The molecule has 1 fully saturated rings. The summed E-state index contributed by atoms with van der Waals surface area (Å²) in [5.74, 6) is -0.804. The summed E-state index contributed by atoms with van der Waals surface area (Å²) in [5.41, 5.74) is 5.76. The van der Waals surface area contributed by atoms with E-state index in [-0.39, 0.29) is 30.3 Å². The third kappa shape index (κ3) is 3.25. The molecule has 0 heterocycles. The standard InChI is InChI=1S/C12H15FN2O2/c13-10-3-1-2-4-11(10)15-12(16)7-17-9-5-8(14)6-9/h1-4,8-9H,5-7,14H2,(H,15,16). The molecular formula is C12H15FN2O2. The van der Waals surface area contributed by atoms with E-state index in [0.717, 1.165) is 12.8 Å². The van der Waals surface area contributed by atoms with Gasteiger partial charge in [0.2, 0.25) is 5.91 Å². The number of nitrogens with one attached hydrogen (secondary N) is 1. The Morgan fingerprint density at radius 1 is 1.47 bits per heavy atom. The van der Waals surface area contributed by atoms with Crippen molar-refractivity contribution in [3.8, 4) is 0 Å². The number of nitrogens with two attached hydrogens (primary N) is 1. The van der Waals surface area contributed by atoms with Crippen molar-refractivity contribution in [2.24, 2.45) is 5.73 Å². The molecule has 5 heteroatoms. The van der Waals surface area contributed by atoms with E-state index >= 15 is 0 Å². The highest BCUT2D eigenvalue weighted by Crippen LogP contribution is 2.21. The second kappa shape index (κ2) is 5.25. The molecule has 1 amide bonds. The summed E-state index contributed by atoms with van der Waals surface area (Å²) in [6.45, 7) is -0.0638. The van der Waals surface area contributed by atoms with Crippen molar-refractivity contribution in [2.45, 2.75) is 25.0 Å². The van der Waals surface area contributed by atoms with Gasteiger partial charge in [0.05, 0.1) is 11.8 Å². The first-order valence-corrected chi connectivity index (χ1v) is 5.56. The molecule has 1 aromatic carbocycles. The molecule has 4 nitrogen and oxygen atoms in total. The van der Waals surface area contributed by atoms with Crippen LogP contribution >= 0.6 is 0 Å². The summed E-state index contributed by atoms with van der Waals surface area (Å²) in [5, 5.41) is 2.45. The van der Waals surface area contributed by atoms with Crippen LogP contribution in [0.1, 0.15) is 12.8 Å². The predicted molar refractivity (Wildman–Crippen MR) is 62.0 cm³/mol. The quantitative estimate of drug-likeness (QED) is 0.830. The van der Waals surface area contributed by atoms with Gasteiger partial charge >= 0.3 is 0 Å². The van der Waals surface area contributed by atoms with Crippen LogP contribution in [0, 0.1) is 5.82 Å². The molecule has 1 aliphatic carbocycles. The predicted octanol–water partition coefficient (Wildman–Crippen LogP) is 1.27. The van der Waals surface area contributed by atoms with E-state index in [1.807, 2.05) is 0 Å². The molecule has 0 bridgehead atoms. The summed E-state index contributed by atoms with van der Waals surface area (Å²) >= 11 is 0. The second-order valence-corrected chi connectivity index (χ2v) is 4.19. The number of ether oxygens (including phenoxy) is 1. The van der Waals surface area contributed by atoms with E-state index < -0.39 is 5.82 Å². The van der Waals surface area contributed by atoms with Gasteiger partial charge in [-0.05, 0) is 25.0 Å². The van der Waals surface area contributed by atoms with Crippen LogP contribution < -0.4 is 11.1 Å². The minimum atomic E-state index is -0.452. The third-order valence-electron chi connectivity index (χ3n) is 2.73. The Balaban J connectivity index is 1.76. The maximum Gasteiger partial charge on any atom is 0.250 e. The molecule has 92 valence electrons. The lowest BCUT2D eigenvalue weighted by atomic mass is 9.90. The Morgan fingerprint density at radius 3 is 2.82 bits per heavy atom. The normalized spacial score (nSPS) is 22.9. The van der Waals surface area contributed by atoms with E-state index in [1.165, 1.54) is 12.1 Å². The lowest BCUT2D eigenvalue weighted by Gasteiger charge is -2.31. The number of halogens is 1. The van der Waals surface area contributed by atoms with Crippen LogP contribution in [0.2, 0.25) is 0 Å². The minimum absolute atomic E-state index is 0.0638. The number of anilines is 1. The van der Waals surface area contributed by atoms with Crippen molar-refractivity contribution in [1.82, 2.24) is 0 Å². The number of rotatable bonds is 4. The third-order valence-corrected chi connectivity index (χ3v) is 2.73. The number of carbonyl (C=O) groups excluding carboxylic acids is 1. The van der Waals surface area contributed by atoms with Gasteiger partial charge in [-0.1, -0.05) is 12.1 Å². The maximum absolute atomic E-state index is 13.2. The molecule has 3 N–H and O–H groups in total. The first-order valence-electron chi connectivity index (χ1n) is 5.56. The van der Waals surface area contributed by atoms with Crippen LogP contribution in [0.15, 0.2) is 24.3 Å². The summed E-state index contributed by atoms with van der Waals surface area (Å²) in [6.07, 6.45) is 1.64. The largest absolute Gasteiger partial charge is 0.368 e. The Morgan fingerprint density at radius 2 is 2.18 bits per heavy atom. The smallest absolute Gasteiger partial charge is 0.250 e. The van der Waals surface area contributed by atoms with E-state index in [0.29, 0.717) is 0 Å². The van der Waals surface area contributed by atoms with Gasteiger partial charge in [0.15, 0.2) is 0 Å². The van der Waals surface area contributed by atoms with Crippen molar-refractivity contribution < 1.29 is 13.9 Å². The monoisotopic (exact) mass is 238 g/mol. The number of hydrogen-bond donors (Lipinski definition) is 2. The molecule has 1 saturated carbocycles. The van der Waals surface area contributed by atoms with Crippen LogP contribution in [-0.4, -0.2) is 24.7 Å². The van der Waals surface area contributed by atoms with Crippen LogP contribution in [0.3, 0.4) is 0 Å². The van der Waals surface area contributed by atoms with Crippen LogP contribution in [0.4, 0.5) is 10.1 Å². The van der Waals surface area contributed by atoms with Crippen molar-refractivity contribution >= 4 is 11.6 Å². The summed E-state index contributed by atoms with van der Waals surface area (Å²) in [4.78, 5) is 11.5. The number of para-hydroxylation sites is 1. The van der Waals surface area contributed by atoms with Gasteiger partial charge in [-0.25, -0.2) is 4.39 Å². The molecule has 0 saturated heterocycles. The zero-order chi connectivity index (χ0) is 12.3. The van der Waals surface area contributed by atoms with Crippen molar-refractivity contribution in [1.29, 1.82) is 0 Å². The summed E-state index contributed by atoms with van der Waals surface area (Å²) in [7, 11) is 0. The number of amides is 1. The fourth-order valence-corrected chi connectivity index (χ4v) is 1.68. The average Bonchev–Trinajstić information content (AvgIpc) is 2.26. The van der Waals surface area contributed by atoms with E-state index in [4.69, 9.17) is 10.5 Å². The molecule has 0 unspecified atom stereocenters. The first kappa shape index (κ1) is 12.0. The second-order valence-electron chi connectivity index (χ2n) is 4.19. The van der Waals surface area contributed by atoms with Gasteiger partial charge in [0.25, 0.3) is 0 Å². The molecule has 0 radical (unpaired) electrons.